The average molecular weight is 449 g/mol. The molecule has 0 bridgehead atoms. The van der Waals surface area contributed by atoms with Crippen molar-refractivity contribution in [2.24, 2.45) is 0 Å². The molecule has 0 aliphatic carbocycles. The maximum absolute atomic E-state index is 14.0. The van der Waals surface area contributed by atoms with E-state index in [1.54, 1.807) is 18.2 Å². The predicted molar refractivity (Wildman–Crippen MR) is 109 cm³/mol. The van der Waals surface area contributed by atoms with Crippen molar-refractivity contribution in [2.75, 3.05) is 13.1 Å². The maximum Gasteiger partial charge on any atom is 0.289 e. The van der Waals surface area contributed by atoms with Crippen molar-refractivity contribution >= 4 is 27.0 Å². The summed E-state index contributed by atoms with van der Waals surface area (Å²) in [5, 5.41) is 20.6. The monoisotopic (exact) mass is 448 g/mol. The van der Waals surface area contributed by atoms with Crippen LogP contribution in [0.3, 0.4) is 0 Å². The standard InChI is InChI=1S/C19H17FN4O4S2/c20-15-8-2-1-7-14(15)19-22-21-18(29-19)13-6-5-11-23(12-13)30(27,28)17-10-4-3-9-16(17)24(25)26/h1-4,7-10,13H,5-6,11-12H2. The molecule has 0 N–H and O–H groups in total. The summed E-state index contributed by atoms with van der Waals surface area (Å²) < 4.78 is 41.5. The molecule has 0 saturated carbocycles. The Morgan fingerprint density at radius 3 is 2.63 bits per heavy atom. The molecule has 2 heterocycles. The van der Waals surface area contributed by atoms with Gasteiger partial charge in [0.25, 0.3) is 5.69 Å². The highest BCUT2D eigenvalue weighted by molar-refractivity contribution is 7.89. The molecular weight excluding hydrogens is 431 g/mol. The molecule has 1 unspecified atom stereocenters. The SMILES string of the molecule is O=[N+]([O-])c1ccccc1S(=O)(=O)N1CCCC(c2nnc(-c3ccccc3F)s2)C1. The van der Waals surface area contributed by atoms with Gasteiger partial charge in [0.1, 0.15) is 10.8 Å². The quantitative estimate of drug-likeness (QED) is 0.434. The second-order valence-corrected chi connectivity index (χ2v) is 9.77. The highest BCUT2D eigenvalue weighted by Gasteiger charge is 2.36. The van der Waals surface area contributed by atoms with E-state index in [1.165, 1.54) is 46.0 Å². The third-order valence-electron chi connectivity index (χ3n) is 4.96. The minimum absolute atomic E-state index is 0.139. The number of aromatic nitrogens is 2. The Morgan fingerprint density at radius 1 is 1.13 bits per heavy atom. The minimum atomic E-state index is -4.04. The van der Waals surface area contributed by atoms with E-state index >= 15 is 0 Å². The molecule has 8 nitrogen and oxygen atoms in total. The Hall–Kier alpha value is -2.76. The Morgan fingerprint density at radius 2 is 1.87 bits per heavy atom. The molecule has 3 aromatic rings. The Bertz CT molecular complexity index is 1200. The highest BCUT2D eigenvalue weighted by Crippen LogP contribution is 2.36. The lowest BCUT2D eigenvalue weighted by atomic mass is 10.0. The van der Waals surface area contributed by atoms with Crippen LogP contribution in [-0.2, 0) is 10.0 Å². The third kappa shape index (κ3) is 3.83. The number of nitro groups is 1. The van der Waals surface area contributed by atoms with Gasteiger partial charge in [-0.15, -0.1) is 10.2 Å². The second-order valence-electron chi connectivity index (χ2n) is 6.85. The zero-order valence-electron chi connectivity index (χ0n) is 15.6. The maximum atomic E-state index is 14.0. The van der Waals surface area contributed by atoms with Crippen LogP contribution >= 0.6 is 11.3 Å². The van der Waals surface area contributed by atoms with E-state index in [0.717, 1.165) is 0 Å². The predicted octanol–water partition coefficient (Wildman–Crippen LogP) is 3.82. The number of hydrogen-bond donors (Lipinski definition) is 0. The largest absolute Gasteiger partial charge is 0.289 e. The highest BCUT2D eigenvalue weighted by atomic mass is 32.2. The smallest absolute Gasteiger partial charge is 0.258 e. The lowest BCUT2D eigenvalue weighted by molar-refractivity contribution is -0.387. The number of halogens is 1. The number of benzene rings is 2. The normalized spacial score (nSPS) is 17.7. The fourth-order valence-electron chi connectivity index (χ4n) is 3.47. The summed E-state index contributed by atoms with van der Waals surface area (Å²) in [5.74, 6) is -0.612. The van der Waals surface area contributed by atoms with E-state index in [2.05, 4.69) is 10.2 Å². The van der Waals surface area contributed by atoms with Crippen molar-refractivity contribution < 1.29 is 17.7 Å². The second kappa shape index (κ2) is 8.17. The van der Waals surface area contributed by atoms with E-state index in [-0.39, 0.29) is 23.9 Å². The van der Waals surface area contributed by atoms with E-state index in [4.69, 9.17) is 0 Å². The summed E-state index contributed by atoms with van der Waals surface area (Å²) in [7, 11) is -4.04. The van der Waals surface area contributed by atoms with Crippen LogP contribution in [0.2, 0.25) is 0 Å². The van der Waals surface area contributed by atoms with Crippen LogP contribution in [0.5, 0.6) is 0 Å². The Labute approximate surface area is 176 Å². The van der Waals surface area contributed by atoms with Crippen molar-refractivity contribution in [3.63, 3.8) is 0 Å². The number of piperidine rings is 1. The fourth-order valence-corrected chi connectivity index (χ4v) is 6.15. The number of para-hydroxylation sites is 1. The van der Waals surface area contributed by atoms with E-state index < -0.39 is 26.5 Å². The Balaban J connectivity index is 1.60. The molecule has 11 heteroatoms. The molecule has 1 aromatic heterocycles. The molecule has 1 fully saturated rings. The molecule has 0 radical (unpaired) electrons. The molecule has 0 amide bonds. The molecule has 2 aromatic carbocycles. The van der Waals surface area contributed by atoms with Crippen LogP contribution in [0.1, 0.15) is 23.8 Å². The van der Waals surface area contributed by atoms with Crippen molar-refractivity contribution in [1.29, 1.82) is 0 Å². The summed E-state index contributed by atoms with van der Waals surface area (Å²) in [6, 6.07) is 11.6. The zero-order valence-corrected chi connectivity index (χ0v) is 17.3. The van der Waals surface area contributed by atoms with E-state index in [0.29, 0.717) is 28.4 Å². The van der Waals surface area contributed by atoms with Gasteiger partial charge in [0.2, 0.25) is 10.0 Å². The molecule has 1 aliphatic rings. The van der Waals surface area contributed by atoms with Gasteiger partial charge < -0.3 is 0 Å². The van der Waals surface area contributed by atoms with Gasteiger partial charge in [-0.1, -0.05) is 35.6 Å². The summed E-state index contributed by atoms with van der Waals surface area (Å²) in [5.41, 5.74) is -0.0983. The first kappa shape index (κ1) is 20.5. The number of nitro benzene ring substituents is 1. The lowest BCUT2D eigenvalue weighted by Crippen LogP contribution is -2.39. The molecule has 30 heavy (non-hydrogen) atoms. The molecule has 1 aliphatic heterocycles. The van der Waals surface area contributed by atoms with Gasteiger partial charge in [-0.2, -0.15) is 4.31 Å². The molecule has 0 spiro atoms. The third-order valence-corrected chi connectivity index (χ3v) is 7.99. The van der Waals surface area contributed by atoms with Gasteiger partial charge in [-0.3, -0.25) is 10.1 Å². The Kier molecular flexibility index (Phi) is 5.58. The van der Waals surface area contributed by atoms with E-state index in [9.17, 15) is 22.9 Å². The molecule has 156 valence electrons. The fraction of sp³-hybridized carbons (Fsp3) is 0.263. The van der Waals surface area contributed by atoms with Gasteiger partial charge in [0, 0.05) is 30.6 Å². The van der Waals surface area contributed by atoms with Crippen molar-refractivity contribution in [3.8, 4) is 10.6 Å². The lowest BCUT2D eigenvalue weighted by Gasteiger charge is -2.30. The number of sulfonamides is 1. The minimum Gasteiger partial charge on any atom is -0.258 e. The average Bonchev–Trinajstić information content (AvgIpc) is 3.24. The van der Waals surface area contributed by atoms with Crippen LogP contribution in [0.4, 0.5) is 10.1 Å². The first-order valence-electron chi connectivity index (χ1n) is 9.20. The van der Waals surface area contributed by atoms with Gasteiger partial charge in [0.15, 0.2) is 9.90 Å². The summed E-state index contributed by atoms with van der Waals surface area (Å²) in [4.78, 5) is 10.3. The number of rotatable bonds is 5. The number of nitrogens with zero attached hydrogens (tertiary/aromatic N) is 4. The molecule has 1 saturated heterocycles. The number of hydrogen-bond acceptors (Lipinski definition) is 7. The van der Waals surface area contributed by atoms with Crippen LogP contribution < -0.4 is 0 Å². The van der Waals surface area contributed by atoms with Gasteiger partial charge in [-0.25, -0.2) is 12.8 Å². The van der Waals surface area contributed by atoms with Crippen LogP contribution in [0, 0.1) is 15.9 Å². The zero-order chi connectivity index (χ0) is 21.3. The van der Waals surface area contributed by atoms with Crippen molar-refractivity contribution in [2.45, 2.75) is 23.7 Å². The van der Waals surface area contributed by atoms with Crippen LogP contribution in [-0.4, -0.2) is 40.9 Å². The first-order valence-corrected chi connectivity index (χ1v) is 11.5. The van der Waals surface area contributed by atoms with Crippen molar-refractivity contribution in [3.05, 3.63) is 69.5 Å². The molecule has 4 rings (SSSR count). The van der Waals surface area contributed by atoms with Crippen LogP contribution in [0.15, 0.2) is 53.4 Å². The molecule has 1 atom stereocenters. The topological polar surface area (TPSA) is 106 Å². The molecular formula is C19H17FN4O4S2. The summed E-state index contributed by atoms with van der Waals surface area (Å²) in [6.45, 7) is 0.407. The van der Waals surface area contributed by atoms with Gasteiger partial charge in [-0.05, 0) is 31.0 Å². The van der Waals surface area contributed by atoms with Crippen molar-refractivity contribution in [1.82, 2.24) is 14.5 Å². The summed E-state index contributed by atoms with van der Waals surface area (Å²) >= 11 is 1.23. The van der Waals surface area contributed by atoms with Gasteiger partial charge >= 0.3 is 0 Å². The van der Waals surface area contributed by atoms with E-state index in [1.807, 2.05) is 0 Å². The van der Waals surface area contributed by atoms with Gasteiger partial charge in [0.05, 0.1) is 4.92 Å². The summed E-state index contributed by atoms with van der Waals surface area (Å²) in [6.07, 6.45) is 1.29. The first-order chi connectivity index (χ1) is 14.4. The van der Waals surface area contributed by atoms with Crippen LogP contribution in [0.25, 0.3) is 10.6 Å².